The van der Waals surface area contributed by atoms with Crippen molar-refractivity contribution >= 4 is 17.4 Å². The van der Waals surface area contributed by atoms with Crippen molar-refractivity contribution < 1.29 is 14.3 Å². The van der Waals surface area contributed by atoms with Gasteiger partial charge in [-0.2, -0.15) is 0 Å². The molecule has 0 aromatic heterocycles. The Morgan fingerprint density at radius 1 is 1.39 bits per heavy atom. The predicted octanol–water partition coefficient (Wildman–Crippen LogP) is 2.51. The fourth-order valence-corrected chi connectivity index (χ4v) is 4.17. The molecule has 0 radical (unpaired) electrons. The molecular weight excluding hydrogens is 292 g/mol. The number of hydrogen-bond acceptors (Lipinski definition) is 5. The van der Waals surface area contributed by atoms with Crippen LogP contribution in [0.15, 0.2) is 29.3 Å². The van der Waals surface area contributed by atoms with Crippen molar-refractivity contribution in [2.75, 3.05) is 12.4 Å². The van der Waals surface area contributed by atoms with Crippen LogP contribution in [0.5, 0.6) is 0 Å². The second-order valence-electron chi connectivity index (χ2n) is 7.68. The number of anilines is 1. The lowest BCUT2D eigenvalue weighted by Crippen LogP contribution is -2.40. The van der Waals surface area contributed by atoms with E-state index in [1.807, 2.05) is 12.1 Å². The van der Waals surface area contributed by atoms with E-state index >= 15 is 0 Å². The van der Waals surface area contributed by atoms with Crippen LogP contribution in [0.4, 0.5) is 5.69 Å². The van der Waals surface area contributed by atoms with E-state index < -0.39 is 6.04 Å². The Hall–Kier alpha value is -1.88. The van der Waals surface area contributed by atoms with E-state index in [1.54, 1.807) is 0 Å². The van der Waals surface area contributed by atoms with Gasteiger partial charge in [-0.3, -0.25) is 4.99 Å². The zero-order valence-corrected chi connectivity index (χ0v) is 13.9. The number of carbonyl (C=O) groups excluding carboxylic acids is 1. The first-order chi connectivity index (χ1) is 10.9. The Kier molecular flexibility index (Phi) is 2.92. The molecule has 122 valence electrons. The van der Waals surface area contributed by atoms with Gasteiger partial charge in [-0.15, -0.1) is 0 Å². The summed E-state index contributed by atoms with van der Waals surface area (Å²) >= 11 is 0. The summed E-state index contributed by atoms with van der Waals surface area (Å²) in [7, 11) is 1.42. The fraction of sp³-hybridized carbons (Fsp3) is 0.556. The fourth-order valence-electron chi connectivity index (χ4n) is 4.17. The first kappa shape index (κ1) is 14.7. The zero-order valence-electron chi connectivity index (χ0n) is 13.9. The Morgan fingerprint density at radius 3 is 2.83 bits per heavy atom. The number of benzene rings is 1. The summed E-state index contributed by atoms with van der Waals surface area (Å²) < 4.78 is 11.3. The molecule has 1 saturated heterocycles. The van der Waals surface area contributed by atoms with Gasteiger partial charge < -0.3 is 14.8 Å². The van der Waals surface area contributed by atoms with Crippen molar-refractivity contribution in [3.8, 4) is 0 Å². The molecule has 3 aliphatic rings. The molecule has 1 N–H and O–H groups in total. The standard InChI is InChI=1S/C18H22N2O3/c1-17(2,3)14-13-18(9-12(19-13)15(21)22-4)10-7-5-6-8-11(10)20-16(18)23-14/h5-8,12,14,16,20H,9H2,1-4H3/t12?,14-,16-,18+/m0/s1. The molecule has 1 aromatic carbocycles. The smallest absolute Gasteiger partial charge is 0.330 e. The molecule has 0 amide bonds. The molecule has 4 rings (SSSR count). The van der Waals surface area contributed by atoms with Gasteiger partial charge in [-0.05, 0) is 23.5 Å². The average molecular weight is 314 g/mol. The average Bonchev–Trinajstić information content (AvgIpc) is 3.11. The molecule has 3 aliphatic heterocycles. The number of hydrogen-bond donors (Lipinski definition) is 1. The maximum Gasteiger partial charge on any atom is 0.330 e. The molecule has 0 bridgehead atoms. The highest BCUT2D eigenvalue weighted by atomic mass is 16.5. The number of carbonyl (C=O) groups is 1. The summed E-state index contributed by atoms with van der Waals surface area (Å²) in [5, 5.41) is 3.48. The normalized spacial score (nSPS) is 34.3. The van der Waals surface area contributed by atoms with Gasteiger partial charge in [-0.1, -0.05) is 39.0 Å². The van der Waals surface area contributed by atoms with Crippen LogP contribution >= 0.6 is 0 Å². The lowest BCUT2D eigenvalue weighted by Gasteiger charge is -2.28. The lowest BCUT2D eigenvalue weighted by molar-refractivity contribution is -0.142. The lowest BCUT2D eigenvalue weighted by atomic mass is 9.71. The van der Waals surface area contributed by atoms with Crippen LogP contribution in [0.25, 0.3) is 0 Å². The Bertz CT molecular complexity index is 706. The third-order valence-electron chi connectivity index (χ3n) is 5.19. The number of nitrogens with one attached hydrogen (secondary N) is 1. The quantitative estimate of drug-likeness (QED) is 0.809. The third kappa shape index (κ3) is 1.83. The van der Waals surface area contributed by atoms with E-state index in [0.717, 1.165) is 11.4 Å². The van der Waals surface area contributed by atoms with Crippen molar-refractivity contribution in [2.24, 2.45) is 10.4 Å². The SMILES string of the molecule is COC(=O)C1C[C@@]23C(=N1)[C@@H](C(C)(C)C)O[C@@H]2Nc1ccccc13. The van der Waals surface area contributed by atoms with Crippen LogP contribution in [-0.2, 0) is 19.7 Å². The van der Waals surface area contributed by atoms with Crippen LogP contribution in [0, 0.1) is 5.41 Å². The van der Waals surface area contributed by atoms with Crippen molar-refractivity contribution in [1.29, 1.82) is 0 Å². The second-order valence-corrected chi connectivity index (χ2v) is 7.68. The molecule has 1 unspecified atom stereocenters. The van der Waals surface area contributed by atoms with E-state index in [-0.39, 0.29) is 29.1 Å². The van der Waals surface area contributed by atoms with Gasteiger partial charge in [-0.25, -0.2) is 4.79 Å². The Balaban J connectivity index is 1.86. The van der Waals surface area contributed by atoms with Crippen molar-refractivity contribution in [1.82, 2.24) is 0 Å². The van der Waals surface area contributed by atoms with Gasteiger partial charge in [0.15, 0.2) is 0 Å². The predicted molar refractivity (Wildman–Crippen MR) is 87.7 cm³/mol. The van der Waals surface area contributed by atoms with E-state index in [2.05, 4.69) is 38.2 Å². The van der Waals surface area contributed by atoms with Gasteiger partial charge in [0, 0.05) is 5.69 Å². The molecule has 1 aromatic rings. The van der Waals surface area contributed by atoms with E-state index in [0.29, 0.717) is 6.42 Å². The molecular formula is C18H22N2O3. The molecule has 1 fully saturated rings. The summed E-state index contributed by atoms with van der Waals surface area (Å²) in [5.74, 6) is -0.267. The number of aliphatic imine (C=N–C) groups is 1. The monoisotopic (exact) mass is 314 g/mol. The van der Waals surface area contributed by atoms with Crippen LogP contribution in [-0.4, -0.2) is 37.2 Å². The highest BCUT2D eigenvalue weighted by Gasteiger charge is 2.65. The highest BCUT2D eigenvalue weighted by molar-refractivity contribution is 6.07. The maximum absolute atomic E-state index is 12.1. The topological polar surface area (TPSA) is 59.9 Å². The minimum absolute atomic E-state index is 0.0855. The summed E-state index contributed by atoms with van der Waals surface area (Å²) in [6, 6.07) is 7.77. The number of esters is 1. The molecule has 4 atom stereocenters. The number of ether oxygens (including phenoxy) is 2. The van der Waals surface area contributed by atoms with E-state index in [4.69, 9.17) is 14.5 Å². The van der Waals surface area contributed by atoms with Crippen LogP contribution in [0.1, 0.15) is 32.8 Å². The van der Waals surface area contributed by atoms with Crippen LogP contribution in [0.3, 0.4) is 0 Å². The van der Waals surface area contributed by atoms with Gasteiger partial charge in [0.1, 0.15) is 18.4 Å². The molecule has 23 heavy (non-hydrogen) atoms. The Labute approximate surface area is 136 Å². The van der Waals surface area contributed by atoms with Crippen molar-refractivity contribution in [3.63, 3.8) is 0 Å². The minimum atomic E-state index is -0.445. The third-order valence-corrected chi connectivity index (χ3v) is 5.19. The molecule has 5 heteroatoms. The van der Waals surface area contributed by atoms with Crippen LogP contribution < -0.4 is 5.32 Å². The largest absolute Gasteiger partial charge is 0.467 e. The van der Waals surface area contributed by atoms with Gasteiger partial charge in [0.05, 0.1) is 18.2 Å². The van der Waals surface area contributed by atoms with E-state index in [9.17, 15) is 4.79 Å². The number of para-hydroxylation sites is 1. The minimum Gasteiger partial charge on any atom is -0.467 e. The van der Waals surface area contributed by atoms with Crippen LogP contribution in [0.2, 0.25) is 0 Å². The number of nitrogens with zero attached hydrogens (tertiary/aromatic N) is 1. The molecule has 5 nitrogen and oxygen atoms in total. The van der Waals surface area contributed by atoms with Gasteiger partial charge >= 0.3 is 5.97 Å². The molecule has 3 heterocycles. The van der Waals surface area contributed by atoms with E-state index in [1.165, 1.54) is 12.7 Å². The molecule has 1 spiro atoms. The summed E-state index contributed by atoms with van der Waals surface area (Å²) in [6.45, 7) is 6.44. The molecule has 0 aliphatic carbocycles. The number of rotatable bonds is 1. The first-order valence-electron chi connectivity index (χ1n) is 8.05. The second kappa shape index (κ2) is 4.57. The van der Waals surface area contributed by atoms with Gasteiger partial charge in [0.2, 0.25) is 0 Å². The van der Waals surface area contributed by atoms with Gasteiger partial charge in [0.25, 0.3) is 0 Å². The number of methoxy groups -OCH3 is 1. The maximum atomic E-state index is 12.1. The van der Waals surface area contributed by atoms with Crippen molar-refractivity contribution in [2.45, 2.75) is 51.0 Å². The first-order valence-corrected chi connectivity index (χ1v) is 8.05. The highest BCUT2D eigenvalue weighted by Crippen LogP contribution is 2.56. The number of fused-ring (bicyclic) bond motifs is 1. The summed E-state index contributed by atoms with van der Waals surface area (Å²) in [6.07, 6.45) is 0.330. The zero-order chi connectivity index (χ0) is 16.4. The summed E-state index contributed by atoms with van der Waals surface area (Å²) in [5.41, 5.74) is 2.80. The Morgan fingerprint density at radius 2 is 2.13 bits per heavy atom. The van der Waals surface area contributed by atoms with Crippen molar-refractivity contribution in [3.05, 3.63) is 29.8 Å². The molecule has 0 saturated carbocycles. The summed E-state index contributed by atoms with van der Waals surface area (Å²) in [4.78, 5) is 16.9.